The van der Waals surface area contributed by atoms with Crippen molar-refractivity contribution < 1.29 is 17.1 Å². The molecule has 0 saturated carbocycles. The first-order valence-corrected chi connectivity index (χ1v) is 8.56. The normalized spacial score (nSPS) is 9.56. The Bertz CT molecular complexity index is 660. The Balaban J connectivity index is 0.000000483. The molecule has 2 aromatic carbocycles. The molecule has 0 heterocycles. The van der Waals surface area contributed by atoms with Crippen LogP contribution in [0.2, 0.25) is 0 Å². The third kappa shape index (κ3) is 12.6. The van der Waals surface area contributed by atoms with E-state index in [9.17, 15) is 0 Å². The molecule has 0 saturated heterocycles. The monoisotopic (exact) mass is 440 g/mol. The first kappa shape index (κ1) is 24.7. The molecular weight excluding hydrogens is 420 g/mol. The zero-order valence-corrected chi connectivity index (χ0v) is 17.6. The van der Waals surface area contributed by atoms with Crippen LogP contribution < -0.4 is 10.6 Å². The smallest absolute Gasteiger partial charge is 0.348 e. The predicted molar refractivity (Wildman–Crippen MR) is 115 cm³/mol. The number of nitrogens with one attached hydrogen (secondary N) is 2. The number of azo groups is 2. The molecule has 6 nitrogen and oxygen atoms in total. The number of hydrogen-bond donors (Lipinski definition) is 2. The molecule has 0 amide bonds. The summed E-state index contributed by atoms with van der Waals surface area (Å²) in [4.78, 5) is 0. The maximum atomic E-state index is 4.91. The van der Waals surface area contributed by atoms with Crippen molar-refractivity contribution in [1.29, 1.82) is 0 Å². The van der Waals surface area contributed by atoms with Gasteiger partial charge in [0.2, 0.25) is 10.2 Å². The number of nitrogens with zero attached hydrogens (tertiary/aromatic N) is 4. The van der Waals surface area contributed by atoms with Gasteiger partial charge in [0.15, 0.2) is 0 Å². The minimum absolute atomic E-state index is 0. The number of thiocarbonyl (C=S) groups is 2. The Hall–Kier alpha value is -2.32. The SMILES string of the molecule is C[CH-]N=NC(=S)Nc1ccccc1.C[CH-]N=NC(=S)Nc1ccccc1.[Fe+2]. The van der Waals surface area contributed by atoms with Crippen molar-refractivity contribution in [3.63, 3.8) is 0 Å². The number of rotatable bonds is 4. The summed E-state index contributed by atoms with van der Waals surface area (Å²) >= 11 is 9.82. The average Bonchev–Trinajstić information content (AvgIpc) is 2.67. The van der Waals surface area contributed by atoms with Crippen LogP contribution in [0.5, 0.6) is 0 Å². The van der Waals surface area contributed by atoms with Crippen LogP contribution in [0.15, 0.2) is 81.1 Å². The van der Waals surface area contributed by atoms with E-state index in [-0.39, 0.29) is 17.1 Å². The molecule has 0 aromatic heterocycles. The maximum Gasteiger partial charge on any atom is 2.00 e. The van der Waals surface area contributed by atoms with Crippen LogP contribution in [0.4, 0.5) is 11.4 Å². The summed E-state index contributed by atoms with van der Waals surface area (Å²) in [5.41, 5.74) is 1.84. The molecule has 0 bridgehead atoms. The van der Waals surface area contributed by atoms with E-state index in [0.29, 0.717) is 10.2 Å². The van der Waals surface area contributed by atoms with E-state index in [1.54, 1.807) is 26.9 Å². The van der Waals surface area contributed by atoms with Crippen LogP contribution in [0.3, 0.4) is 0 Å². The van der Waals surface area contributed by atoms with Crippen molar-refractivity contribution in [2.24, 2.45) is 20.5 Å². The third-order valence-corrected chi connectivity index (χ3v) is 2.95. The van der Waals surface area contributed by atoms with Gasteiger partial charge in [-0.2, -0.15) is 24.1 Å². The van der Waals surface area contributed by atoms with Crippen LogP contribution in [0.1, 0.15) is 13.8 Å². The van der Waals surface area contributed by atoms with Gasteiger partial charge in [-0.15, -0.1) is 0 Å². The van der Waals surface area contributed by atoms with E-state index in [1.807, 2.05) is 60.7 Å². The van der Waals surface area contributed by atoms with Gasteiger partial charge < -0.3 is 20.9 Å². The molecular formula is C18H20FeN6S2. The summed E-state index contributed by atoms with van der Waals surface area (Å²) in [6.07, 6.45) is 0. The summed E-state index contributed by atoms with van der Waals surface area (Å²) in [6.45, 7) is 6.74. The molecule has 0 atom stereocenters. The fraction of sp³-hybridized carbons (Fsp3) is 0.111. The summed E-state index contributed by atoms with van der Waals surface area (Å²) in [5, 5.41) is 21.4. The molecule has 0 fully saturated rings. The van der Waals surface area contributed by atoms with Gasteiger partial charge in [-0.3, -0.25) is 13.1 Å². The Morgan fingerprint density at radius 1 is 0.704 bits per heavy atom. The summed E-state index contributed by atoms with van der Waals surface area (Å²) in [5.74, 6) is 0. The zero-order chi connectivity index (χ0) is 19.0. The zero-order valence-electron chi connectivity index (χ0n) is 14.9. The van der Waals surface area contributed by atoms with E-state index < -0.39 is 0 Å². The van der Waals surface area contributed by atoms with Crippen LogP contribution in [-0.2, 0) is 17.1 Å². The number of hydrogen-bond acceptors (Lipinski definition) is 4. The molecule has 0 unspecified atom stereocenters. The van der Waals surface area contributed by atoms with E-state index in [2.05, 4.69) is 31.1 Å². The summed E-state index contributed by atoms with van der Waals surface area (Å²) in [6, 6.07) is 19.2. The third-order valence-electron chi connectivity index (χ3n) is 2.58. The van der Waals surface area contributed by atoms with Gasteiger partial charge in [0, 0.05) is 11.4 Å². The van der Waals surface area contributed by atoms with Gasteiger partial charge in [-0.25, -0.2) is 0 Å². The molecule has 9 heteroatoms. The second-order valence-corrected chi connectivity index (χ2v) is 5.31. The Morgan fingerprint density at radius 3 is 1.33 bits per heavy atom. The fourth-order valence-corrected chi connectivity index (χ4v) is 1.89. The molecule has 0 aliphatic rings. The van der Waals surface area contributed by atoms with Crippen molar-refractivity contribution >= 4 is 46.0 Å². The van der Waals surface area contributed by atoms with E-state index in [1.165, 1.54) is 0 Å². The standard InChI is InChI=1S/2C9H10N3S.Fe/c2*1-2-10-12-9(13)11-8-6-4-3-5-7-8;/h2*2-7H,1H3,(H,11,13);/q2*-1;+2. The summed E-state index contributed by atoms with van der Waals surface area (Å²) in [7, 11) is 0. The van der Waals surface area contributed by atoms with Crippen molar-refractivity contribution in [2.45, 2.75) is 13.8 Å². The molecule has 0 radical (unpaired) electrons. The maximum absolute atomic E-state index is 4.91. The largest absolute Gasteiger partial charge is 2.00 e. The van der Waals surface area contributed by atoms with Crippen molar-refractivity contribution in [3.05, 3.63) is 73.8 Å². The van der Waals surface area contributed by atoms with E-state index in [4.69, 9.17) is 24.4 Å². The number of benzene rings is 2. The number of para-hydroxylation sites is 2. The molecule has 0 aliphatic heterocycles. The molecule has 27 heavy (non-hydrogen) atoms. The Kier molecular flexibility index (Phi) is 14.5. The second kappa shape index (κ2) is 15.9. The van der Waals surface area contributed by atoms with E-state index >= 15 is 0 Å². The minimum Gasteiger partial charge on any atom is -0.348 e. The number of anilines is 2. The Morgan fingerprint density at radius 2 is 1.04 bits per heavy atom. The Labute approximate surface area is 181 Å². The van der Waals surface area contributed by atoms with Crippen molar-refractivity contribution in [2.75, 3.05) is 10.6 Å². The summed E-state index contributed by atoms with van der Waals surface area (Å²) < 4.78 is 0. The van der Waals surface area contributed by atoms with Gasteiger partial charge in [0.1, 0.15) is 0 Å². The topological polar surface area (TPSA) is 73.5 Å². The molecule has 0 spiro atoms. The second-order valence-electron chi connectivity index (χ2n) is 4.54. The van der Waals surface area contributed by atoms with Crippen LogP contribution in [0, 0.1) is 13.1 Å². The molecule has 2 aromatic rings. The molecule has 142 valence electrons. The van der Waals surface area contributed by atoms with Gasteiger partial charge in [0.25, 0.3) is 0 Å². The fourth-order valence-electron chi connectivity index (χ4n) is 1.56. The van der Waals surface area contributed by atoms with Gasteiger partial charge in [-0.1, -0.05) is 36.4 Å². The first-order chi connectivity index (χ1) is 12.7. The first-order valence-electron chi connectivity index (χ1n) is 7.75. The van der Waals surface area contributed by atoms with Crippen LogP contribution in [-0.4, -0.2) is 10.2 Å². The van der Waals surface area contributed by atoms with Crippen LogP contribution in [0.25, 0.3) is 0 Å². The van der Waals surface area contributed by atoms with Gasteiger partial charge >= 0.3 is 17.1 Å². The minimum atomic E-state index is 0. The van der Waals surface area contributed by atoms with Crippen molar-refractivity contribution in [1.82, 2.24) is 0 Å². The predicted octanol–water partition coefficient (Wildman–Crippen LogP) is 6.03. The van der Waals surface area contributed by atoms with Crippen LogP contribution >= 0.6 is 24.4 Å². The van der Waals surface area contributed by atoms with Crippen molar-refractivity contribution in [3.8, 4) is 0 Å². The molecule has 2 rings (SSSR count). The van der Waals surface area contributed by atoms with Gasteiger partial charge in [-0.05, 0) is 48.7 Å². The molecule has 2 N–H and O–H groups in total. The van der Waals surface area contributed by atoms with E-state index in [0.717, 1.165) is 11.4 Å². The quantitative estimate of drug-likeness (QED) is 0.263. The van der Waals surface area contributed by atoms with Gasteiger partial charge in [0.05, 0.1) is 0 Å². The average molecular weight is 440 g/mol. The molecule has 0 aliphatic carbocycles.